The summed E-state index contributed by atoms with van der Waals surface area (Å²) in [6, 6.07) is 26.0. The Bertz CT molecular complexity index is 1770. The van der Waals surface area contributed by atoms with Crippen LogP contribution in [-0.2, 0) is 0 Å². The topological polar surface area (TPSA) is 72.9 Å². The van der Waals surface area contributed by atoms with Gasteiger partial charge in [0.25, 0.3) is 0 Å². The molecule has 6 nitrogen and oxygen atoms in total. The minimum absolute atomic E-state index is 0.165. The second-order valence-corrected chi connectivity index (χ2v) is 11.1. The van der Waals surface area contributed by atoms with E-state index in [4.69, 9.17) is 9.47 Å². The first-order chi connectivity index (χ1) is 20.4. The van der Waals surface area contributed by atoms with Crippen molar-refractivity contribution in [2.75, 3.05) is 19.1 Å². The van der Waals surface area contributed by atoms with Crippen molar-refractivity contribution >= 4 is 29.1 Å². The lowest BCUT2D eigenvalue weighted by Gasteiger charge is -2.37. The highest BCUT2D eigenvalue weighted by atomic mass is 16.5. The van der Waals surface area contributed by atoms with E-state index in [1.165, 1.54) is 0 Å². The van der Waals surface area contributed by atoms with Crippen molar-refractivity contribution < 1.29 is 23.9 Å². The molecule has 1 aliphatic carbocycles. The Morgan fingerprint density at radius 2 is 1.48 bits per heavy atom. The van der Waals surface area contributed by atoms with Gasteiger partial charge in [-0.1, -0.05) is 90.5 Å². The molecule has 1 fully saturated rings. The molecule has 4 aromatic rings. The SMILES string of the molecule is COc1ccc(C2C(C(=O)c3ccc(C)cc3)N3c4ccccc4C=CC3C23C(=O)c2ccccc2C3=O)c(OC)c1. The molecule has 4 aromatic carbocycles. The number of hydrogen-bond donors (Lipinski definition) is 0. The lowest BCUT2D eigenvalue weighted by atomic mass is 9.64. The highest BCUT2D eigenvalue weighted by Crippen LogP contribution is 2.62. The molecule has 1 spiro atoms. The first kappa shape index (κ1) is 26.0. The van der Waals surface area contributed by atoms with Gasteiger partial charge in [-0.25, -0.2) is 0 Å². The number of ketones is 3. The molecule has 1 saturated heterocycles. The van der Waals surface area contributed by atoms with Crippen LogP contribution in [0.5, 0.6) is 11.5 Å². The van der Waals surface area contributed by atoms with E-state index >= 15 is 0 Å². The molecule has 208 valence electrons. The Kier molecular flexibility index (Phi) is 5.91. The van der Waals surface area contributed by atoms with Crippen LogP contribution in [0.15, 0.2) is 97.1 Å². The molecule has 0 amide bonds. The van der Waals surface area contributed by atoms with E-state index in [1.807, 2.05) is 78.6 Å². The van der Waals surface area contributed by atoms with Crippen molar-refractivity contribution in [3.63, 3.8) is 0 Å². The molecule has 6 heteroatoms. The van der Waals surface area contributed by atoms with E-state index in [0.29, 0.717) is 33.8 Å². The lowest BCUT2D eigenvalue weighted by Crippen LogP contribution is -2.48. The van der Waals surface area contributed by atoms with E-state index in [0.717, 1.165) is 16.8 Å². The number of methoxy groups -OCH3 is 2. The number of anilines is 1. The number of hydrogen-bond acceptors (Lipinski definition) is 6. The van der Waals surface area contributed by atoms with Crippen molar-refractivity contribution in [1.29, 1.82) is 0 Å². The van der Waals surface area contributed by atoms with Crippen molar-refractivity contribution in [2.24, 2.45) is 5.41 Å². The molecule has 0 radical (unpaired) electrons. The van der Waals surface area contributed by atoms with Crippen LogP contribution in [0.2, 0.25) is 0 Å². The fourth-order valence-electron chi connectivity index (χ4n) is 7.22. The van der Waals surface area contributed by atoms with Crippen molar-refractivity contribution in [3.05, 3.63) is 130 Å². The minimum Gasteiger partial charge on any atom is -0.497 e. The number of Topliss-reactive ketones (excluding diaryl/α,β-unsaturated/α-hetero) is 3. The Balaban J connectivity index is 1.57. The van der Waals surface area contributed by atoms with Crippen molar-refractivity contribution in [2.45, 2.75) is 24.9 Å². The van der Waals surface area contributed by atoms with Crippen LogP contribution in [0.3, 0.4) is 0 Å². The van der Waals surface area contributed by atoms with Gasteiger partial charge in [0, 0.05) is 39.9 Å². The van der Waals surface area contributed by atoms with Gasteiger partial charge in [-0.3, -0.25) is 14.4 Å². The van der Waals surface area contributed by atoms with Crippen molar-refractivity contribution in [1.82, 2.24) is 0 Å². The average Bonchev–Trinajstić information content (AvgIpc) is 3.46. The van der Waals surface area contributed by atoms with Gasteiger partial charge in [0.15, 0.2) is 17.3 Å². The molecule has 7 rings (SSSR count). The maximum absolute atomic E-state index is 14.8. The molecule has 0 saturated carbocycles. The summed E-state index contributed by atoms with van der Waals surface area (Å²) in [6.07, 6.45) is 3.89. The largest absolute Gasteiger partial charge is 0.497 e. The number of rotatable bonds is 5. The summed E-state index contributed by atoms with van der Waals surface area (Å²) in [5.41, 5.74) is 3.06. The third-order valence-corrected chi connectivity index (χ3v) is 9.09. The van der Waals surface area contributed by atoms with Gasteiger partial charge in [0.1, 0.15) is 23.0 Å². The van der Waals surface area contributed by atoms with Crippen LogP contribution in [0.25, 0.3) is 6.08 Å². The summed E-state index contributed by atoms with van der Waals surface area (Å²) < 4.78 is 11.4. The summed E-state index contributed by atoms with van der Waals surface area (Å²) in [6.45, 7) is 1.97. The molecule has 2 heterocycles. The predicted octanol–water partition coefficient (Wildman–Crippen LogP) is 6.33. The molecule has 2 aliphatic heterocycles. The average molecular weight is 556 g/mol. The van der Waals surface area contributed by atoms with Gasteiger partial charge in [0.05, 0.1) is 20.3 Å². The number of ether oxygens (including phenoxy) is 2. The summed E-state index contributed by atoms with van der Waals surface area (Å²) in [4.78, 5) is 46.4. The van der Waals surface area contributed by atoms with Crippen LogP contribution in [-0.4, -0.2) is 43.7 Å². The zero-order valence-corrected chi connectivity index (χ0v) is 23.5. The molecule has 0 aromatic heterocycles. The Hall–Kier alpha value is -4.97. The second-order valence-electron chi connectivity index (χ2n) is 11.1. The smallest absolute Gasteiger partial charge is 0.185 e. The van der Waals surface area contributed by atoms with Gasteiger partial charge in [-0.15, -0.1) is 0 Å². The molecular formula is C36H29NO5. The van der Waals surface area contributed by atoms with Crippen LogP contribution >= 0.6 is 0 Å². The van der Waals surface area contributed by atoms with Gasteiger partial charge >= 0.3 is 0 Å². The number of fused-ring (bicyclic) bond motifs is 5. The Labute approximate surface area is 244 Å². The van der Waals surface area contributed by atoms with Crippen LogP contribution in [0.4, 0.5) is 5.69 Å². The van der Waals surface area contributed by atoms with Crippen LogP contribution in [0.1, 0.15) is 53.7 Å². The molecule has 0 bridgehead atoms. The van der Waals surface area contributed by atoms with Gasteiger partial charge in [0.2, 0.25) is 0 Å². The number of nitrogens with zero attached hydrogens (tertiary/aromatic N) is 1. The molecule has 3 unspecified atom stereocenters. The van der Waals surface area contributed by atoms with E-state index in [2.05, 4.69) is 0 Å². The molecule has 3 aliphatic rings. The Morgan fingerprint density at radius 3 is 2.14 bits per heavy atom. The van der Waals surface area contributed by atoms with E-state index in [1.54, 1.807) is 50.6 Å². The third kappa shape index (κ3) is 3.41. The quantitative estimate of drug-likeness (QED) is 0.212. The van der Waals surface area contributed by atoms with Crippen LogP contribution in [0, 0.1) is 12.3 Å². The normalized spacial score (nSPS) is 21.2. The van der Waals surface area contributed by atoms with Gasteiger partial charge in [-0.05, 0) is 24.6 Å². The number of benzene rings is 4. The van der Waals surface area contributed by atoms with Gasteiger partial charge < -0.3 is 14.4 Å². The van der Waals surface area contributed by atoms with E-state index < -0.39 is 23.4 Å². The zero-order valence-electron chi connectivity index (χ0n) is 23.5. The zero-order chi connectivity index (χ0) is 29.2. The fraction of sp³-hybridized carbons (Fsp3) is 0.194. The first-order valence-corrected chi connectivity index (χ1v) is 14.0. The van der Waals surface area contributed by atoms with Gasteiger partial charge in [-0.2, -0.15) is 0 Å². The van der Waals surface area contributed by atoms with E-state index in [-0.39, 0.29) is 17.3 Å². The number of aryl methyl sites for hydroxylation is 1. The third-order valence-electron chi connectivity index (χ3n) is 9.09. The summed E-state index contributed by atoms with van der Waals surface area (Å²) in [7, 11) is 3.12. The van der Waals surface area contributed by atoms with Crippen molar-refractivity contribution in [3.8, 4) is 11.5 Å². The molecule has 42 heavy (non-hydrogen) atoms. The maximum Gasteiger partial charge on any atom is 0.185 e. The minimum atomic E-state index is -1.60. The predicted molar refractivity (Wildman–Crippen MR) is 161 cm³/mol. The fourth-order valence-corrected chi connectivity index (χ4v) is 7.22. The molecule has 0 N–H and O–H groups in total. The summed E-state index contributed by atoms with van der Waals surface area (Å²) >= 11 is 0. The monoisotopic (exact) mass is 555 g/mol. The summed E-state index contributed by atoms with van der Waals surface area (Å²) in [5.74, 6) is -0.552. The van der Waals surface area contributed by atoms with E-state index in [9.17, 15) is 14.4 Å². The van der Waals surface area contributed by atoms with Crippen LogP contribution < -0.4 is 14.4 Å². The first-order valence-electron chi connectivity index (χ1n) is 14.0. The highest BCUT2D eigenvalue weighted by molar-refractivity contribution is 6.32. The lowest BCUT2D eigenvalue weighted by molar-refractivity contribution is 0.0665. The maximum atomic E-state index is 14.8. The Morgan fingerprint density at radius 1 is 0.810 bits per heavy atom. The number of para-hydroxylation sites is 1. The standard InChI is InChI=1S/C36H29NO5/c1-21-12-14-23(15-13-21)33(38)32-31(27-18-17-24(41-2)20-29(27)42-3)36(34(39)25-9-5-6-10-26(25)35(36)40)30-19-16-22-8-4-7-11-28(22)37(30)32/h4-20,30-32H,1-3H3. The highest BCUT2D eigenvalue weighted by Gasteiger charge is 2.71. The molecular weight excluding hydrogens is 526 g/mol. The molecule has 3 atom stereocenters. The summed E-state index contributed by atoms with van der Waals surface area (Å²) in [5, 5.41) is 0. The number of carbonyl (C=O) groups is 3. The second kappa shape index (κ2) is 9.55. The number of carbonyl (C=O) groups excluding carboxylic acids is 3.